The molecule has 1 N–H and O–H groups in total. The Morgan fingerprint density at radius 3 is 2.56 bits per heavy atom. The minimum absolute atomic E-state index is 0.128. The van der Waals surface area contributed by atoms with Gasteiger partial charge >= 0.3 is 6.03 Å². The summed E-state index contributed by atoms with van der Waals surface area (Å²) in [5, 5.41) is 2.88. The van der Waals surface area contributed by atoms with Gasteiger partial charge in [-0.3, -0.25) is 14.5 Å². The van der Waals surface area contributed by atoms with E-state index in [4.69, 9.17) is 0 Å². The van der Waals surface area contributed by atoms with Crippen molar-refractivity contribution in [1.82, 2.24) is 15.1 Å². The first-order valence-electron chi connectivity index (χ1n) is 9.08. The smallest absolute Gasteiger partial charge is 0.325 e. The molecule has 1 atom stereocenters. The van der Waals surface area contributed by atoms with Crippen molar-refractivity contribution >= 4 is 17.8 Å². The first-order chi connectivity index (χ1) is 12.1. The Balaban J connectivity index is 1.50. The molecule has 6 heteroatoms. The molecule has 2 aliphatic heterocycles. The summed E-state index contributed by atoms with van der Waals surface area (Å²) in [7, 11) is 0. The number of hydrogen-bond donors (Lipinski definition) is 1. The van der Waals surface area contributed by atoms with E-state index in [2.05, 4.69) is 11.4 Å². The number of aryl methyl sites for hydroxylation is 1. The van der Waals surface area contributed by atoms with Crippen LogP contribution in [0.15, 0.2) is 24.3 Å². The van der Waals surface area contributed by atoms with Crippen molar-refractivity contribution in [2.75, 3.05) is 19.6 Å². The highest BCUT2D eigenvalue weighted by atomic mass is 16.2. The van der Waals surface area contributed by atoms with E-state index in [1.54, 1.807) is 4.90 Å². The Labute approximate surface area is 147 Å². The van der Waals surface area contributed by atoms with Gasteiger partial charge in [0.25, 0.3) is 5.91 Å². The second-order valence-electron chi connectivity index (χ2n) is 7.29. The second kappa shape index (κ2) is 6.17. The van der Waals surface area contributed by atoms with Crippen molar-refractivity contribution in [1.29, 1.82) is 0 Å². The maximum Gasteiger partial charge on any atom is 0.325 e. The van der Waals surface area contributed by atoms with Crippen LogP contribution >= 0.6 is 0 Å². The third kappa shape index (κ3) is 2.79. The first kappa shape index (κ1) is 16.1. The number of imide groups is 1. The SMILES string of the molecule is O=C(CN1C(=O)NC2(CCc3ccccc3C2)C1=O)N1CCCCC1. The van der Waals surface area contributed by atoms with Crippen LogP contribution in [-0.4, -0.2) is 52.8 Å². The Morgan fingerprint density at radius 2 is 1.80 bits per heavy atom. The van der Waals surface area contributed by atoms with E-state index in [1.165, 1.54) is 5.56 Å². The number of carbonyl (C=O) groups excluding carboxylic acids is 3. The number of amides is 4. The van der Waals surface area contributed by atoms with Gasteiger partial charge in [0.1, 0.15) is 12.1 Å². The molecule has 1 spiro atoms. The Morgan fingerprint density at radius 1 is 1.08 bits per heavy atom. The van der Waals surface area contributed by atoms with Gasteiger partial charge in [0.05, 0.1) is 0 Å². The van der Waals surface area contributed by atoms with Crippen molar-refractivity contribution in [2.45, 2.75) is 44.1 Å². The zero-order valence-corrected chi connectivity index (χ0v) is 14.3. The van der Waals surface area contributed by atoms with Crippen LogP contribution in [0, 0.1) is 0 Å². The fourth-order valence-corrected chi connectivity index (χ4v) is 4.22. The molecule has 0 bridgehead atoms. The minimum atomic E-state index is -0.881. The van der Waals surface area contributed by atoms with E-state index in [0.29, 0.717) is 12.8 Å². The maximum absolute atomic E-state index is 13.0. The number of piperidine rings is 1. The molecular formula is C19H23N3O3. The second-order valence-corrected chi connectivity index (χ2v) is 7.29. The number of fused-ring (bicyclic) bond motifs is 1. The summed E-state index contributed by atoms with van der Waals surface area (Å²) in [5.41, 5.74) is 1.46. The highest BCUT2D eigenvalue weighted by Crippen LogP contribution is 2.33. The summed E-state index contributed by atoms with van der Waals surface area (Å²) in [6, 6.07) is 7.60. The zero-order chi connectivity index (χ0) is 17.4. The van der Waals surface area contributed by atoms with Crippen molar-refractivity contribution in [3.05, 3.63) is 35.4 Å². The average Bonchev–Trinajstić information content (AvgIpc) is 2.86. The van der Waals surface area contributed by atoms with E-state index < -0.39 is 11.6 Å². The van der Waals surface area contributed by atoms with Crippen molar-refractivity contribution < 1.29 is 14.4 Å². The molecule has 4 rings (SSSR count). The van der Waals surface area contributed by atoms with E-state index in [-0.39, 0.29) is 18.4 Å². The number of carbonyl (C=O) groups is 3. The van der Waals surface area contributed by atoms with E-state index in [0.717, 1.165) is 49.2 Å². The van der Waals surface area contributed by atoms with Crippen molar-refractivity contribution in [3.63, 3.8) is 0 Å². The standard InChI is InChI=1S/C19H23N3O3/c23-16(21-10-4-1-5-11-21)13-22-17(24)19(20-18(22)25)9-8-14-6-2-3-7-15(14)12-19/h2-3,6-7H,1,4-5,8-13H2,(H,20,25). The molecule has 4 amide bonds. The van der Waals surface area contributed by atoms with Gasteiger partial charge in [0.15, 0.2) is 0 Å². The lowest BCUT2D eigenvalue weighted by molar-refractivity contribution is -0.139. The van der Waals surface area contributed by atoms with Crippen molar-refractivity contribution in [3.8, 4) is 0 Å². The molecule has 132 valence electrons. The molecule has 2 heterocycles. The molecule has 3 aliphatic rings. The molecule has 0 saturated carbocycles. The molecule has 2 fully saturated rings. The van der Waals surface area contributed by atoms with E-state index in [9.17, 15) is 14.4 Å². The molecule has 0 radical (unpaired) electrons. The molecule has 0 aromatic heterocycles. The summed E-state index contributed by atoms with van der Waals surface area (Å²) >= 11 is 0. The number of nitrogens with one attached hydrogen (secondary N) is 1. The molecule has 1 aromatic rings. The van der Waals surface area contributed by atoms with E-state index in [1.807, 2.05) is 18.2 Å². The monoisotopic (exact) mass is 341 g/mol. The molecule has 6 nitrogen and oxygen atoms in total. The van der Waals surface area contributed by atoms with Gasteiger partial charge in [-0.25, -0.2) is 4.79 Å². The van der Waals surface area contributed by atoms with Gasteiger partial charge in [0.2, 0.25) is 5.91 Å². The van der Waals surface area contributed by atoms with Gasteiger partial charge < -0.3 is 10.2 Å². The Bertz CT molecular complexity index is 726. The topological polar surface area (TPSA) is 69.7 Å². The lowest BCUT2D eigenvalue weighted by atomic mass is 9.78. The van der Waals surface area contributed by atoms with Crippen LogP contribution in [-0.2, 0) is 22.4 Å². The normalized spacial score (nSPS) is 25.9. The first-order valence-corrected chi connectivity index (χ1v) is 9.08. The molecule has 25 heavy (non-hydrogen) atoms. The van der Waals surface area contributed by atoms with Gasteiger partial charge in [-0.2, -0.15) is 0 Å². The lowest BCUT2D eigenvalue weighted by Crippen LogP contribution is -2.51. The fraction of sp³-hybridized carbons (Fsp3) is 0.526. The number of nitrogens with zero attached hydrogens (tertiary/aromatic N) is 2. The zero-order valence-electron chi connectivity index (χ0n) is 14.3. The van der Waals surface area contributed by atoms with Crippen molar-refractivity contribution in [2.24, 2.45) is 0 Å². The van der Waals surface area contributed by atoms with Gasteiger partial charge in [-0.15, -0.1) is 0 Å². The number of benzene rings is 1. The Hall–Kier alpha value is -2.37. The highest BCUT2D eigenvalue weighted by Gasteiger charge is 2.52. The van der Waals surface area contributed by atoms with Crippen LogP contribution < -0.4 is 5.32 Å². The van der Waals surface area contributed by atoms with Crippen LogP contribution in [0.4, 0.5) is 4.79 Å². The predicted octanol–water partition coefficient (Wildman–Crippen LogP) is 1.48. The van der Waals surface area contributed by atoms with Gasteiger partial charge in [0, 0.05) is 19.5 Å². The molecule has 1 unspecified atom stereocenters. The Kier molecular flexibility index (Phi) is 3.98. The van der Waals surface area contributed by atoms with Crippen LogP contribution in [0.1, 0.15) is 36.8 Å². The quantitative estimate of drug-likeness (QED) is 0.829. The van der Waals surface area contributed by atoms with Crippen LogP contribution in [0.2, 0.25) is 0 Å². The predicted molar refractivity (Wildman–Crippen MR) is 91.9 cm³/mol. The number of urea groups is 1. The summed E-state index contributed by atoms with van der Waals surface area (Å²) in [6.07, 6.45) is 4.97. The molecule has 1 aromatic carbocycles. The van der Waals surface area contributed by atoms with Gasteiger partial charge in [-0.1, -0.05) is 24.3 Å². The molecular weight excluding hydrogens is 318 g/mol. The molecule has 1 aliphatic carbocycles. The number of rotatable bonds is 2. The van der Waals surface area contributed by atoms with Crippen LogP contribution in [0.5, 0.6) is 0 Å². The minimum Gasteiger partial charge on any atom is -0.341 e. The average molecular weight is 341 g/mol. The van der Waals surface area contributed by atoms with E-state index >= 15 is 0 Å². The number of likely N-dealkylation sites (tertiary alicyclic amines) is 1. The highest BCUT2D eigenvalue weighted by molar-refractivity contribution is 6.09. The maximum atomic E-state index is 13.0. The summed E-state index contributed by atoms with van der Waals surface area (Å²) < 4.78 is 0. The van der Waals surface area contributed by atoms with Gasteiger partial charge in [-0.05, 0) is 43.2 Å². The van der Waals surface area contributed by atoms with Crippen LogP contribution in [0.3, 0.4) is 0 Å². The summed E-state index contributed by atoms with van der Waals surface area (Å²) in [4.78, 5) is 40.8. The largest absolute Gasteiger partial charge is 0.341 e. The summed E-state index contributed by atoms with van der Waals surface area (Å²) in [6.45, 7) is 1.30. The fourth-order valence-electron chi connectivity index (χ4n) is 4.22. The third-order valence-corrected chi connectivity index (χ3v) is 5.68. The van der Waals surface area contributed by atoms with Crippen LogP contribution in [0.25, 0.3) is 0 Å². The number of hydrogen-bond acceptors (Lipinski definition) is 3. The summed E-state index contributed by atoms with van der Waals surface area (Å²) in [5.74, 6) is -0.381. The lowest BCUT2D eigenvalue weighted by Gasteiger charge is -2.32. The third-order valence-electron chi connectivity index (χ3n) is 5.68. The molecule has 2 saturated heterocycles.